The van der Waals surface area contributed by atoms with Crippen molar-refractivity contribution in [2.45, 2.75) is 6.04 Å². The molecular formula is C18H22N2O3S. The van der Waals surface area contributed by atoms with Gasteiger partial charge in [0.25, 0.3) is 5.91 Å². The minimum atomic E-state index is -0.0295. The van der Waals surface area contributed by atoms with E-state index >= 15 is 0 Å². The Balaban J connectivity index is 1.78. The Morgan fingerprint density at radius 1 is 1.29 bits per heavy atom. The van der Waals surface area contributed by atoms with E-state index in [0.29, 0.717) is 19.8 Å². The van der Waals surface area contributed by atoms with Gasteiger partial charge >= 0.3 is 0 Å². The molecule has 5 nitrogen and oxygen atoms in total. The Morgan fingerprint density at radius 2 is 2.08 bits per heavy atom. The Kier molecular flexibility index (Phi) is 5.85. The second-order valence-electron chi connectivity index (χ2n) is 5.59. The van der Waals surface area contributed by atoms with Crippen LogP contribution in [0.4, 0.5) is 0 Å². The smallest absolute Gasteiger partial charge is 0.261 e. The average molecular weight is 346 g/mol. The third-order valence-corrected chi connectivity index (χ3v) is 5.05. The van der Waals surface area contributed by atoms with Crippen LogP contribution in [0.2, 0.25) is 0 Å². The van der Waals surface area contributed by atoms with Crippen molar-refractivity contribution >= 4 is 17.2 Å². The molecule has 1 amide bonds. The third-order valence-electron chi connectivity index (χ3n) is 4.19. The van der Waals surface area contributed by atoms with Gasteiger partial charge in [0.05, 0.1) is 31.2 Å². The van der Waals surface area contributed by atoms with E-state index in [1.165, 1.54) is 11.3 Å². The van der Waals surface area contributed by atoms with E-state index in [0.717, 1.165) is 29.3 Å². The predicted octanol–water partition coefficient (Wildman–Crippen LogP) is 2.56. The van der Waals surface area contributed by atoms with E-state index in [1.54, 1.807) is 7.11 Å². The molecule has 2 heterocycles. The van der Waals surface area contributed by atoms with E-state index < -0.39 is 0 Å². The van der Waals surface area contributed by atoms with Crippen LogP contribution in [0.3, 0.4) is 0 Å². The fourth-order valence-corrected chi connectivity index (χ4v) is 3.59. The second kappa shape index (κ2) is 8.28. The summed E-state index contributed by atoms with van der Waals surface area (Å²) < 4.78 is 11.0. The van der Waals surface area contributed by atoms with Crippen LogP contribution < -0.4 is 10.1 Å². The molecule has 1 aliphatic rings. The summed E-state index contributed by atoms with van der Waals surface area (Å²) in [6.45, 7) is 3.65. The molecule has 128 valence electrons. The second-order valence-corrected chi connectivity index (χ2v) is 6.54. The number of morpholine rings is 1. The standard InChI is InChI=1S/C18H22N2O3S/c1-22-16-6-3-2-5-14(16)15(20-8-10-23-11-9-20)13-19-18(21)17-7-4-12-24-17/h2-7,12,15H,8-11,13H2,1H3,(H,19,21). The molecule has 0 aliphatic carbocycles. The molecule has 1 fully saturated rings. The van der Waals surface area contributed by atoms with Gasteiger partial charge in [-0.25, -0.2) is 0 Å². The normalized spacial score (nSPS) is 16.5. The number of methoxy groups -OCH3 is 1. The van der Waals surface area contributed by atoms with Crippen LogP contribution in [0.1, 0.15) is 21.3 Å². The first-order valence-electron chi connectivity index (χ1n) is 8.06. The summed E-state index contributed by atoms with van der Waals surface area (Å²) in [5.74, 6) is 0.817. The van der Waals surface area contributed by atoms with E-state index in [-0.39, 0.29) is 11.9 Å². The maximum absolute atomic E-state index is 12.3. The molecule has 1 aliphatic heterocycles. The van der Waals surface area contributed by atoms with Crippen LogP contribution in [0.5, 0.6) is 5.75 Å². The highest BCUT2D eigenvalue weighted by molar-refractivity contribution is 7.12. The third kappa shape index (κ3) is 3.95. The maximum atomic E-state index is 12.3. The number of para-hydroxylation sites is 1. The van der Waals surface area contributed by atoms with E-state index in [1.807, 2.05) is 35.7 Å². The van der Waals surface area contributed by atoms with Crippen LogP contribution in [0.25, 0.3) is 0 Å². The zero-order valence-electron chi connectivity index (χ0n) is 13.7. The number of hydrogen-bond donors (Lipinski definition) is 1. The molecule has 1 atom stereocenters. The fourth-order valence-electron chi connectivity index (χ4n) is 2.95. The van der Waals surface area contributed by atoms with Crippen molar-refractivity contribution in [1.29, 1.82) is 0 Å². The van der Waals surface area contributed by atoms with E-state index in [4.69, 9.17) is 9.47 Å². The first kappa shape index (κ1) is 17.0. The molecule has 3 rings (SSSR count). The molecule has 0 saturated carbocycles. The van der Waals surface area contributed by atoms with Gasteiger partial charge in [0.2, 0.25) is 0 Å². The summed E-state index contributed by atoms with van der Waals surface area (Å²) in [7, 11) is 1.68. The number of benzene rings is 1. The van der Waals surface area contributed by atoms with Gasteiger partial charge in [0.1, 0.15) is 5.75 Å². The Labute approximate surface area is 146 Å². The Hall–Kier alpha value is -1.89. The lowest BCUT2D eigenvalue weighted by atomic mass is 10.0. The Bertz CT molecular complexity index is 654. The van der Waals surface area contributed by atoms with Crippen molar-refractivity contribution in [2.75, 3.05) is 40.0 Å². The average Bonchev–Trinajstić information content (AvgIpc) is 3.18. The molecule has 2 aromatic rings. The zero-order chi connectivity index (χ0) is 16.8. The predicted molar refractivity (Wildman–Crippen MR) is 94.8 cm³/mol. The molecule has 1 saturated heterocycles. The van der Waals surface area contributed by atoms with Crippen molar-refractivity contribution in [3.63, 3.8) is 0 Å². The molecule has 1 unspecified atom stereocenters. The number of ether oxygens (including phenoxy) is 2. The maximum Gasteiger partial charge on any atom is 0.261 e. The molecule has 0 spiro atoms. The highest BCUT2D eigenvalue weighted by Crippen LogP contribution is 2.29. The summed E-state index contributed by atoms with van der Waals surface area (Å²) >= 11 is 1.45. The van der Waals surface area contributed by atoms with Crippen molar-refractivity contribution in [3.05, 3.63) is 52.2 Å². The van der Waals surface area contributed by atoms with Crippen LogP contribution in [0.15, 0.2) is 41.8 Å². The number of carbonyl (C=O) groups is 1. The zero-order valence-corrected chi connectivity index (χ0v) is 14.6. The van der Waals surface area contributed by atoms with Gasteiger partial charge < -0.3 is 14.8 Å². The summed E-state index contributed by atoms with van der Waals surface area (Å²) in [6, 6.07) is 11.8. The number of rotatable bonds is 6. The number of nitrogens with one attached hydrogen (secondary N) is 1. The summed E-state index contributed by atoms with van der Waals surface area (Å²) in [4.78, 5) is 15.4. The number of carbonyl (C=O) groups excluding carboxylic acids is 1. The van der Waals surface area contributed by atoms with Crippen LogP contribution in [-0.4, -0.2) is 50.8 Å². The van der Waals surface area contributed by atoms with E-state index in [2.05, 4.69) is 16.3 Å². The van der Waals surface area contributed by atoms with Crippen molar-refractivity contribution < 1.29 is 14.3 Å². The van der Waals surface area contributed by atoms with Crippen LogP contribution in [0, 0.1) is 0 Å². The number of amides is 1. The monoisotopic (exact) mass is 346 g/mol. The molecule has 0 radical (unpaired) electrons. The lowest BCUT2D eigenvalue weighted by molar-refractivity contribution is 0.0158. The number of nitrogens with zero attached hydrogens (tertiary/aromatic N) is 1. The summed E-state index contributed by atoms with van der Waals surface area (Å²) in [5.41, 5.74) is 1.09. The van der Waals surface area contributed by atoms with Gasteiger partial charge in [-0.3, -0.25) is 9.69 Å². The van der Waals surface area contributed by atoms with Gasteiger partial charge in [0.15, 0.2) is 0 Å². The Morgan fingerprint density at radius 3 is 2.79 bits per heavy atom. The van der Waals surface area contributed by atoms with Crippen LogP contribution in [-0.2, 0) is 4.74 Å². The minimum Gasteiger partial charge on any atom is -0.496 e. The van der Waals surface area contributed by atoms with Gasteiger partial charge in [-0.15, -0.1) is 11.3 Å². The summed E-state index contributed by atoms with van der Waals surface area (Å²) in [6.07, 6.45) is 0. The van der Waals surface area contributed by atoms with Crippen molar-refractivity contribution in [1.82, 2.24) is 10.2 Å². The lowest BCUT2D eigenvalue weighted by Crippen LogP contribution is -2.43. The quantitative estimate of drug-likeness (QED) is 0.873. The highest BCUT2D eigenvalue weighted by Gasteiger charge is 2.25. The fraction of sp³-hybridized carbons (Fsp3) is 0.389. The topological polar surface area (TPSA) is 50.8 Å². The van der Waals surface area contributed by atoms with Gasteiger partial charge in [-0.2, -0.15) is 0 Å². The first-order valence-corrected chi connectivity index (χ1v) is 8.94. The molecule has 1 N–H and O–H groups in total. The minimum absolute atomic E-state index is 0.0295. The molecule has 24 heavy (non-hydrogen) atoms. The highest BCUT2D eigenvalue weighted by atomic mass is 32.1. The number of thiophene rings is 1. The molecule has 1 aromatic carbocycles. The SMILES string of the molecule is COc1ccccc1C(CNC(=O)c1cccs1)N1CCOCC1. The summed E-state index contributed by atoms with van der Waals surface area (Å²) in [5, 5.41) is 4.98. The molecular weight excluding hydrogens is 324 g/mol. The van der Waals surface area contributed by atoms with Crippen LogP contribution >= 0.6 is 11.3 Å². The molecule has 1 aromatic heterocycles. The largest absolute Gasteiger partial charge is 0.496 e. The number of hydrogen-bond acceptors (Lipinski definition) is 5. The van der Waals surface area contributed by atoms with Gasteiger partial charge in [-0.1, -0.05) is 24.3 Å². The first-order chi connectivity index (χ1) is 11.8. The van der Waals surface area contributed by atoms with Crippen molar-refractivity contribution in [3.8, 4) is 5.75 Å². The van der Waals surface area contributed by atoms with Gasteiger partial charge in [0, 0.05) is 25.2 Å². The van der Waals surface area contributed by atoms with E-state index in [9.17, 15) is 4.79 Å². The molecule has 6 heteroatoms. The lowest BCUT2D eigenvalue weighted by Gasteiger charge is -2.35. The van der Waals surface area contributed by atoms with Crippen molar-refractivity contribution in [2.24, 2.45) is 0 Å². The van der Waals surface area contributed by atoms with Gasteiger partial charge in [-0.05, 0) is 17.5 Å². The molecule has 0 bridgehead atoms.